The van der Waals surface area contributed by atoms with Gasteiger partial charge in [-0.15, -0.1) is 0 Å². The molecule has 0 aliphatic rings. The number of carbonyl (C=O) groups is 1. The van der Waals surface area contributed by atoms with Crippen LogP contribution in [0.4, 0.5) is 0 Å². The van der Waals surface area contributed by atoms with Crippen LogP contribution in [0.2, 0.25) is 0 Å². The van der Waals surface area contributed by atoms with Crippen molar-refractivity contribution in [3.63, 3.8) is 0 Å². The number of imidazole rings is 1. The van der Waals surface area contributed by atoms with Crippen LogP contribution < -0.4 is 0 Å². The second-order valence-corrected chi connectivity index (χ2v) is 11.9. The topological polar surface area (TPSA) is 83.8 Å². The molecule has 0 atom stereocenters. The lowest BCUT2D eigenvalue weighted by molar-refractivity contribution is 0.0690. The summed E-state index contributed by atoms with van der Waals surface area (Å²) in [5.41, 5.74) is 12.0. The van der Waals surface area contributed by atoms with Gasteiger partial charge in [0, 0.05) is 28.4 Å². The van der Waals surface area contributed by atoms with Crippen molar-refractivity contribution < 1.29 is 9.90 Å². The summed E-state index contributed by atoms with van der Waals surface area (Å²) in [6, 6.07) is 42.9. The maximum atomic E-state index is 12.4. The number of hydrogen-bond acceptors (Lipinski definition) is 3. The number of carboxylic acids is 1. The predicted molar refractivity (Wildman–Crippen MR) is 189 cm³/mol. The van der Waals surface area contributed by atoms with E-state index in [4.69, 9.17) is 4.98 Å². The van der Waals surface area contributed by atoms with Crippen molar-refractivity contribution in [2.45, 2.75) is 13.8 Å². The number of aryl methyl sites for hydroxylation is 2. The molecule has 6 heteroatoms. The second kappa shape index (κ2) is 11.3. The van der Waals surface area contributed by atoms with Gasteiger partial charge in [0.1, 0.15) is 11.5 Å². The van der Waals surface area contributed by atoms with Gasteiger partial charge in [0.05, 0.1) is 22.2 Å². The minimum atomic E-state index is -1.08. The van der Waals surface area contributed by atoms with Crippen molar-refractivity contribution in [1.29, 1.82) is 0 Å². The molecule has 0 bridgehead atoms. The van der Waals surface area contributed by atoms with E-state index in [1.54, 1.807) is 6.07 Å². The largest absolute Gasteiger partial charge is 0.477 e. The summed E-state index contributed by atoms with van der Waals surface area (Å²) in [6.07, 6.45) is 1.94. The number of benzene rings is 5. The molecule has 0 aliphatic carbocycles. The molecule has 0 saturated carbocycles. The van der Waals surface area contributed by atoms with Crippen LogP contribution in [0.3, 0.4) is 0 Å². The van der Waals surface area contributed by atoms with Gasteiger partial charge in [-0.05, 0) is 78.6 Å². The van der Waals surface area contributed by atoms with Gasteiger partial charge in [0.2, 0.25) is 0 Å². The van der Waals surface area contributed by atoms with Crippen molar-refractivity contribution in [2.75, 3.05) is 0 Å². The Balaban J connectivity index is 1.41. The Morgan fingerprint density at radius 2 is 1.38 bits per heavy atom. The third kappa shape index (κ3) is 5.06. The number of H-pyrrole nitrogens is 1. The average Bonchev–Trinajstić information content (AvgIpc) is 3.73. The van der Waals surface area contributed by atoms with E-state index < -0.39 is 5.97 Å². The number of rotatable bonds is 6. The van der Waals surface area contributed by atoms with Crippen LogP contribution in [-0.4, -0.2) is 30.6 Å². The van der Waals surface area contributed by atoms with E-state index in [0.29, 0.717) is 5.69 Å². The summed E-state index contributed by atoms with van der Waals surface area (Å²) in [7, 11) is 0. The fourth-order valence-corrected chi connectivity index (χ4v) is 6.56. The lowest BCUT2D eigenvalue weighted by Gasteiger charge is -2.13. The molecule has 0 saturated heterocycles. The number of carboxylic acid groups (broad SMARTS) is 1. The molecule has 3 aromatic heterocycles. The molecule has 8 aromatic rings. The first kappa shape index (κ1) is 28.2. The standard InChI is InChI=1S/C41H30N4O2/c1-25-19-26(2)21-30(20-25)31-23-35(43-36(24-31)41(46)47)33-14-8-16-37-39(33)44-40(34-15-7-11-28-17-18-42-38(28)34)45(37)32-13-6-12-29(22-32)27-9-4-3-5-10-27/h3-24,42H,1-2H3,(H,46,47). The van der Waals surface area contributed by atoms with E-state index >= 15 is 0 Å². The lowest BCUT2D eigenvalue weighted by atomic mass is 9.98. The zero-order valence-electron chi connectivity index (χ0n) is 25.9. The van der Waals surface area contributed by atoms with Crippen LogP contribution in [0.15, 0.2) is 134 Å². The molecule has 226 valence electrons. The zero-order valence-corrected chi connectivity index (χ0v) is 25.9. The van der Waals surface area contributed by atoms with Gasteiger partial charge < -0.3 is 10.1 Å². The van der Waals surface area contributed by atoms with Crippen LogP contribution in [-0.2, 0) is 0 Å². The first-order valence-electron chi connectivity index (χ1n) is 15.5. The number of aromatic nitrogens is 4. The second-order valence-electron chi connectivity index (χ2n) is 11.9. The van der Waals surface area contributed by atoms with E-state index in [1.165, 1.54) is 0 Å². The van der Waals surface area contributed by atoms with Crippen LogP contribution in [0.25, 0.3) is 72.5 Å². The van der Waals surface area contributed by atoms with Gasteiger partial charge >= 0.3 is 5.97 Å². The van der Waals surface area contributed by atoms with Gasteiger partial charge in [-0.2, -0.15) is 0 Å². The third-order valence-electron chi connectivity index (χ3n) is 8.60. The highest BCUT2D eigenvalue weighted by Crippen LogP contribution is 2.38. The van der Waals surface area contributed by atoms with E-state index in [2.05, 4.69) is 93.4 Å². The van der Waals surface area contributed by atoms with Crippen molar-refractivity contribution in [2.24, 2.45) is 0 Å². The fourth-order valence-electron chi connectivity index (χ4n) is 6.56. The molecule has 0 fully saturated rings. The van der Waals surface area contributed by atoms with E-state index in [9.17, 15) is 9.90 Å². The number of pyridine rings is 1. The predicted octanol–water partition coefficient (Wildman–Crippen LogP) is 9.88. The Labute approximate surface area is 271 Å². The summed E-state index contributed by atoms with van der Waals surface area (Å²) in [6.45, 7) is 4.09. The molecule has 0 radical (unpaired) electrons. The Hall–Kier alpha value is -6.27. The summed E-state index contributed by atoms with van der Waals surface area (Å²) in [5.74, 6) is -0.304. The van der Waals surface area contributed by atoms with Gasteiger partial charge in [-0.3, -0.25) is 4.57 Å². The summed E-state index contributed by atoms with van der Waals surface area (Å²) < 4.78 is 2.19. The number of fused-ring (bicyclic) bond motifs is 2. The monoisotopic (exact) mass is 610 g/mol. The first-order valence-corrected chi connectivity index (χ1v) is 15.5. The van der Waals surface area contributed by atoms with Crippen LogP contribution in [0.5, 0.6) is 0 Å². The normalized spacial score (nSPS) is 11.4. The Morgan fingerprint density at radius 3 is 2.19 bits per heavy atom. The molecule has 2 N–H and O–H groups in total. The van der Waals surface area contributed by atoms with Crippen LogP contribution in [0, 0.1) is 13.8 Å². The van der Waals surface area contributed by atoms with E-state index in [-0.39, 0.29) is 5.69 Å². The molecule has 0 amide bonds. The number of aromatic amines is 1. The van der Waals surface area contributed by atoms with Crippen molar-refractivity contribution in [3.8, 4) is 50.6 Å². The van der Waals surface area contributed by atoms with Crippen molar-refractivity contribution >= 4 is 27.9 Å². The zero-order chi connectivity index (χ0) is 32.1. The maximum absolute atomic E-state index is 12.4. The molecule has 0 unspecified atom stereocenters. The highest BCUT2D eigenvalue weighted by Gasteiger charge is 2.21. The number of hydrogen-bond donors (Lipinski definition) is 2. The number of aromatic carboxylic acids is 1. The minimum absolute atomic E-state index is 0.0139. The van der Waals surface area contributed by atoms with Gasteiger partial charge in [-0.25, -0.2) is 14.8 Å². The Kier molecular flexibility index (Phi) is 6.76. The maximum Gasteiger partial charge on any atom is 0.354 e. The Morgan fingerprint density at radius 1 is 0.660 bits per heavy atom. The van der Waals surface area contributed by atoms with Gasteiger partial charge in [0.15, 0.2) is 0 Å². The molecule has 0 spiro atoms. The number of nitrogens with zero attached hydrogens (tertiary/aromatic N) is 3. The van der Waals surface area contributed by atoms with E-state index in [0.717, 1.165) is 78.0 Å². The highest BCUT2D eigenvalue weighted by atomic mass is 16.4. The SMILES string of the molecule is Cc1cc(C)cc(-c2cc(C(=O)O)nc(-c3cccc4c3nc(-c3cccc5cc[nH]c35)n4-c3cccc(-c4ccccc4)c3)c2)c1. The van der Waals surface area contributed by atoms with Crippen molar-refractivity contribution in [3.05, 3.63) is 150 Å². The molecular weight excluding hydrogens is 580 g/mol. The molecule has 3 heterocycles. The van der Waals surface area contributed by atoms with Crippen molar-refractivity contribution in [1.82, 2.24) is 19.5 Å². The summed E-state index contributed by atoms with van der Waals surface area (Å²) in [4.78, 5) is 25.7. The molecule has 8 rings (SSSR count). The van der Waals surface area contributed by atoms with Crippen LogP contribution >= 0.6 is 0 Å². The van der Waals surface area contributed by atoms with E-state index in [1.807, 2.05) is 62.5 Å². The third-order valence-corrected chi connectivity index (χ3v) is 8.60. The quantitative estimate of drug-likeness (QED) is 0.196. The van der Waals surface area contributed by atoms with Crippen LogP contribution in [0.1, 0.15) is 21.6 Å². The number of para-hydroxylation sites is 2. The average molecular weight is 611 g/mol. The highest BCUT2D eigenvalue weighted by molar-refractivity contribution is 6.00. The Bertz CT molecular complexity index is 2450. The van der Waals surface area contributed by atoms with Gasteiger partial charge in [0.25, 0.3) is 0 Å². The summed E-state index contributed by atoms with van der Waals surface area (Å²) in [5, 5.41) is 11.2. The fraction of sp³-hybridized carbons (Fsp3) is 0.0488. The lowest BCUT2D eigenvalue weighted by Crippen LogP contribution is -2.02. The molecule has 0 aliphatic heterocycles. The molecule has 5 aromatic carbocycles. The smallest absolute Gasteiger partial charge is 0.354 e. The first-order chi connectivity index (χ1) is 22.9. The molecule has 6 nitrogen and oxygen atoms in total. The number of nitrogens with one attached hydrogen (secondary N) is 1. The molecular formula is C41H30N4O2. The van der Waals surface area contributed by atoms with Gasteiger partial charge in [-0.1, -0.05) is 96.1 Å². The summed E-state index contributed by atoms with van der Waals surface area (Å²) >= 11 is 0. The molecule has 47 heavy (non-hydrogen) atoms. The minimum Gasteiger partial charge on any atom is -0.477 e.